The van der Waals surface area contributed by atoms with Crippen LogP contribution in [0.3, 0.4) is 0 Å². The maximum atomic E-state index is 13.4. The summed E-state index contributed by atoms with van der Waals surface area (Å²) in [6.45, 7) is 7.36. The van der Waals surface area contributed by atoms with Gasteiger partial charge in [-0.15, -0.1) is 0 Å². The fraction of sp³-hybridized carbons (Fsp3) is 0.536. The minimum Gasteiger partial charge on any atom is -0.360 e. The van der Waals surface area contributed by atoms with E-state index in [1.807, 2.05) is 0 Å². The van der Waals surface area contributed by atoms with Gasteiger partial charge in [-0.2, -0.15) is 26.3 Å². The second-order valence-electron chi connectivity index (χ2n) is 10.3. The summed E-state index contributed by atoms with van der Waals surface area (Å²) in [6, 6.07) is 0.696. The second kappa shape index (κ2) is 17.7. The fourth-order valence-corrected chi connectivity index (χ4v) is 5.38. The quantitative estimate of drug-likeness (QED) is 0.118. The Bertz CT molecular complexity index is 1460. The molecule has 1 aromatic carbocycles. The number of nitrogens with zero attached hydrogens (tertiary/aromatic N) is 4. The smallest absolute Gasteiger partial charge is 0.360 e. The lowest BCUT2D eigenvalue weighted by Crippen LogP contribution is -2.27. The van der Waals surface area contributed by atoms with Gasteiger partial charge < -0.3 is 4.90 Å². The molecule has 0 amide bonds. The highest BCUT2D eigenvalue weighted by Gasteiger charge is 2.42. The summed E-state index contributed by atoms with van der Waals surface area (Å²) in [5, 5.41) is 20.5. The van der Waals surface area contributed by atoms with Crippen LogP contribution >= 0.6 is 23.5 Å². The minimum atomic E-state index is -5.10. The van der Waals surface area contributed by atoms with E-state index in [0.717, 1.165) is 0 Å². The standard InChI is InChI=1S/C15H16F5NO2S2.C13H16F3N3O4/c1-6(2)5-7-8(13(22)24-3)10(12(16)17)21-11(15(18,19)20)9(7)14(23)25-4;1-3-5-17(6-4-2)12-10(18(20)21)7-9(13(14,15)16)8-11(12)19(22)23/h6,12H,5H2,1-4H3;7-8H,3-6H2,1-2H3. The molecule has 268 valence electrons. The second-order valence-corrected chi connectivity index (χ2v) is 11.9. The third kappa shape index (κ3) is 10.7. The van der Waals surface area contributed by atoms with Crippen molar-refractivity contribution in [3.05, 3.63) is 66.0 Å². The van der Waals surface area contributed by atoms with Crippen molar-refractivity contribution in [2.45, 2.75) is 65.7 Å². The maximum Gasteiger partial charge on any atom is 0.434 e. The molecular weight excluding hydrogens is 704 g/mol. The number of thioether (sulfide) groups is 2. The number of anilines is 1. The molecule has 0 atom stereocenters. The number of halogens is 8. The minimum absolute atomic E-state index is 0.130. The fourth-order valence-electron chi connectivity index (χ4n) is 4.53. The Hall–Kier alpha value is -3.55. The lowest BCUT2D eigenvalue weighted by molar-refractivity contribution is -0.393. The monoisotopic (exact) mass is 736 g/mol. The molecule has 0 N–H and O–H groups in total. The molecule has 48 heavy (non-hydrogen) atoms. The Morgan fingerprint density at radius 1 is 0.854 bits per heavy atom. The van der Waals surface area contributed by atoms with Crippen molar-refractivity contribution >= 4 is 50.8 Å². The molecule has 0 aliphatic carbocycles. The lowest BCUT2D eigenvalue weighted by atomic mass is 9.92. The van der Waals surface area contributed by atoms with E-state index in [2.05, 4.69) is 4.98 Å². The van der Waals surface area contributed by atoms with E-state index in [1.165, 1.54) is 17.4 Å². The SMILES string of the molecule is CCCN(CCC)c1c([N+](=O)[O-])cc(C(F)(F)F)cc1[N+](=O)[O-].CSC(=O)c1c(C(F)F)nc(C(F)(F)F)c(C(=O)SC)c1CC(C)C. The van der Waals surface area contributed by atoms with E-state index in [1.54, 1.807) is 27.7 Å². The molecule has 0 bridgehead atoms. The van der Waals surface area contributed by atoms with Crippen LogP contribution in [0, 0.1) is 26.1 Å². The number of benzene rings is 1. The van der Waals surface area contributed by atoms with Crippen molar-refractivity contribution in [2.24, 2.45) is 5.92 Å². The number of carbonyl (C=O) groups excluding carboxylic acids is 2. The Morgan fingerprint density at radius 2 is 1.29 bits per heavy atom. The molecule has 1 aromatic heterocycles. The summed E-state index contributed by atoms with van der Waals surface area (Å²) in [4.78, 5) is 49.0. The molecule has 20 heteroatoms. The number of nitro benzene ring substituents is 2. The number of aromatic nitrogens is 1. The molecule has 0 unspecified atom stereocenters. The predicted octanol–water partition coefficient (Wildman–Crippen LogP) is 9.39. The van der Waals surface area contributed by atoms with Gasteiger partial charge in [-0.25, -0.2) is 13.8 Å². The van der Waals surface area contributed by atoms with E-state index < -0.39 is 78.3 Å². The topological polar surface area (TPSA) is 137 Å². The van der Waals surface area contributed by atoms with Crippen LogP contribution in [0.4, 0.5) is 52.2 Å². The van der Waals surface area contributed by atoms with Gasteiger partial charge in [0.1, 0.15) is 5.69 Å². The van der Waals surface area contributed by atoms with Crippen LogP contribution in [0.5, 0.6) is 0 Å². The maximum absolute atomic E-state index is 13.4. The highest BCUT2D eigenvalue weighted by Crippen LogP contribution is 2.43. The largest absolute Gasteiger partial charge is 0.434 e. The van der Waals surface area contributed by atoms with Gasteiger partial charge in [-0.1, -0.05) is 51.2 Å². The Balaban J connectivity index is 0.000000482. The van der Waals surface area contributed by atoms with Crippen molar-refractivity contribution in [3.8, 4) is 0 Å². The first-order chi connectivity index (χ1) is 22.1. The van der Waals surface area contributed by atoms with Crippen molar-refractivity contribution < 1.29 is 54.6 Å². The first-order valence-corrected chi connectivity index (χ1v) is 16.4. The average molecular weight is 737 g/mol. The summed E-state index contributed by atoms with van der Waals surface area (Å²) in [6.07, 6.45) is -9.84. The van der Waals surface area contributed by atoms with Gasteiger partial charge in [0.05, 0.1) is 26.5 Å². The van der Waals surface area contributed by atoms with Gasteiger partial charge in [-0.3, -0.25) is 29.8 Å². The van der Waals surface area contributed by atoms with Crippen molar-refractivity contribution in [1.29, 1.82) is 0 Å². The van der Waals surface area contributed by atoms with Crippen LogP contribution in [-0.4, -0.2) is 50.7 Å². The molecule has 0 fully saturated rings. The summed E-state index contributed by atoms with van der Waals surface area (Å²) in [5.41, 5.74) is -8.23. The molecule has 0 aliphatic heterocycles. The first kappa shape index (κ1) is 42.5. The number of hydrogen-bond acceptors (Lipinski definition) is 10. The summed E-state index contributed by atoms with van der Waals surface area (Å²) in [7, 11) is 0. The first-order valence-electron chi connectivity index (χ1n) is 14.0. The molecule has 0 spiro atoms. The molecule has 1 heterocycles. The Morgan fingerprint density at radius 3 is 1.60 bits per heavy atom. The van der Waals surface area contributed by atoms with Crippen LogP contribution in [0.25, 0.3) is 0 Å². The molecule has 10 nitrogen and oxygen atoms in total. The van der Waals surface area contributed by atoms with Crippen molar-refractivity contribution in [2.75, 3.05) is 30.5 Å². The van der Waals surface area contributed by atoms with Crippen LogP contribution in [0.1, 0.15) is 90.2 Å². The highest BCUT2D eigenvalue weighted by molar-refractivity contribution is 8.13. The molecule has 0 radical (unpaired) electrons. The zero-order valence-electron chi connectivity index (χ0n) is 26.4. The van der Waals surface area contributed by atoms with E-state index in [4.69, 9.17) is 0 Å². The molecule has 2 rings (SSSR count). The summed E-state index contributed by atoms with van der Waals surface area (Å²) < 4.78 is 105. The van der Waals surface area contributed by atoms with Crippen molar-refractivity contribution in [3.63, 3.8) is 0 Å². The van der Waals surface area contributed by atoms with Gasteiger partial charge in [0.15, 0.2) is 11.4 Å². The van der Waals surface area contributed by atoms with E-state index in [9.17, 15) is 64.9 Å². The zero-order chi connectivity index (χ0) is 37.3. The molecule has 2 aromatic rings. The third-order valence-electron chi connectivity index (χ3n) is 6.29. The van der Waals surface area contributed by atoms with Gasteiger partial charge in [0, 0.05) is 25.2 Å². The van der Waals surface area contributed by atoms with Gasteiger partial charge in [-0.05, 0) is 43.3 Å². The number of hydrogen-bond donors (Lipinski definition) is 0. The van der Waals surface area contributed by atoms with E-state index in [-0.39, 0.29) is 36.7 Å². The zero-order valence-corrected chi connectivity index (χ0v) is 28.1. The van der Waals surface area contributed by atoms with Crippen molar-refractivity contribution in [1.82, 2.24) is 4.98 Å². The number of nitro groups is 2. The normalized spacial score (nSPS) is 11.8. The van der Waals surface area contributed by atoms with Crippen LogP contribution in [0.15, 0.2) is 12.1 Å². The third-order valence-corrected chi connectivity index (χ3v) is 7.44. The predicted molar refractivity (Wildman–Crippen MR) is 166 cm³/mol. The van der Waals surface area contributed by atoms with Crippen LogP contribution < -0.4 is 4.90 Å². The molecule has 0 saturated heterocycles. The summed E-state index contributed by atoms with van der Waals surface area (Å²) >= 11 is 1.09. The Labute approximate surface area is 278 Å². The molecular formula is C28H32F8N4O6S2. The van der Waals surface area contributed by atoms with Gasteiger partial charge in [0.25, 0.3) is 17.8 Å². The van der Waals surface area contributed by atoms with Crippen LogP contribution in [0.2, 0.25) is 0 Å². The average Bonchev–Trinajstić information content (AvgIpc) is 2.97. The van der Waals surface area contributed by atoms with Gasteiger partial charge >= 0.3 is 12.4 Å². The lowest BCUT2D eigenvalue weighted by Gasteiger charge is -2.23. The number of alkyl halides is 8. The number of pyridine rings is 1. The summed E-state index contributed by atoms with van der Waals surface area (Å²) in [5.74, 6) is -0.268. The number of carbonyl (C=O) groups is 2. The van der Waals surface area contributed by atoms with Crippen LogP contribution in [-0.2, 0) is 18.8 Å². The van der Waals surface area contributed by atoms with E-state index in [0.29, 0.717) is 48.5 Å². The molecule has 0 saturated carbocycles. The Kier molecular flexibility index (Phi) is 15.7. The molecule has 0 aliphatic rings. The van der Waals surface area contributed by atoms with E-state index >= 15 is 0 Å². The number of rotatable bonds is 12. The highest BCUT2D eigenvalue weighted by atomic mass is 32.2. The van der Waals surface area contributed by atoms with Gasteiger partial charge in [0.2, 0.25) is 10.2 Å².